The summed E-state index contributed by atoms with van der Waals surface area (Å²) in [4.78, 5) is 20.4. The Hall–Kier alpha value is -3.61. The molecule has 156 valence electrons. The van der Waals surface area contributed by atoms with Gasteiger partial charge in [0.05, 0.1) is 6.61 Å². The maximum atomic E-state index is 12.5. The van der Waals surface area contributed by atoms with Crippen molar-refractivity contribution in [2.75, 3.05) is 18.9 Å². The lowest BCUT2D eigenvalue weighted by atomic mass is 10.1. The number of carbonyl (C=O) groups is 1. The molecule has 3 rings (SSSR count). The maximum Gasteiger partial charge on any atom is 0.251 e. The lowest BCUT2D eigenvalue weighted by Crippen LogP contribution is -2.25. The third-order valence-corrected chi connectivity index (χ3v) is 4.53. The van der Waals surface area contributed by atoms with Gasteiger partial charge in [0.2, 0.25) is 5.95 Å². The fourth-order valence-corrected chi connectivity index (χ4v) is 2.77. The summed E-state index contributed by atoms with van der Waals surface area (Å²) in [6.45, 7) is 5.30. The predicted octanol–water partition coefficient (Wildman–Crippen LogP) is 3.45. The van der Waals surface area contributed by atoms with Gasteiger partial charge in [0.1, 0.15) is 18.1 Å². The van der Waals surface area contributed by atoms with Crippen molar-refractivity contribution in [3.63, 3.8) is 0 Å². The van der Waals surface area contributed by atoms with Gasteiger partial charge in [-0.15, -0.1) is 0 Å². The molecule has 0 atom stereocenters. The van der Waals surface area contributed by atoms with E-state index >= 15 is 0 Å². The standard InChI is InChI=1S/C23H26N4O3/c1-16-6-3-4-7-20(16)29-11-5-10-25-22(28)19-9-8-17(2)21(12-19)30-15-18-13-26-23(24)27-14-18/h3-4,6-9,12-14H,5,10-11,15H2,1-2H3,(H,25,28)(H2,24,26,27). The van der Waals surface area contributed by atoms with Gasteiger partial charge in [0.25, 0.3) is 5.91 Å². The molecule has 0 fully saturated rings. The Labute approximate surface area is 176 Å². The van der Waals surface area contributed by atoms with Gasteiger partial charge in [0.15, 0.2) is 0 Å². The topological polar surface area (TPSA) is 99.4 Å². The molecular formula is C23H26N4O3. The second-order valence-electron chi connectivity index (χ2n) is 6.94. The summed E-state index contributed by atoms with van der Waals surface area (Å²) in [5.74, 6) is 1.59. The van der Waals surface area contributed by atoms with Gasteiger partial charge in [-0.2, -0.15) is 0 Å². The molecule has 1 amide bonds. The zero-order valence-electron chi connectivity index (χ0n) is 17.2. The number of nitrogen functional groups attached to an aromatic ring is 1. The predicted molar refractivity (Wildman–Crippen MR) is 116 cm³/mol. The van der Waals surface area contributed by atoms with Crippen LogP contribution in [0.5, 0.6) is 11.5 Å². The number of amides is 1. The largest absolute Gasteiger partial charge is 0.493 e. The lowest BCUT2D eigenvalue weighted by Gasteiger charge is -2.12. The second kappa shape index (κ2) is 10.2. The van der Waals surface area contributed by atoms with Crippen molar-refractivity contribution in [3.05, 3.63) is 77.1 Å². The van der Waals surface area contributed by atoms with Crippen LogP contribution in [0.3, 0.4) is 0 Å². The highest BCUT2D eigenvalue weighted by atomic mass is 16.5. The number of rotatable bonds is 9. The van der Waals surface area contributed by atoms with Crippen LogP contribution < -0.4 is 20.5 Å². The first-order chi connectivity index (χ1) is 14.5. The third kappa shape index (κ3) is 5.94. The Morgan fingerprint density at radius 3 is 2.50 bits per heavy atom. The van der Waals surface area contributed by atoms with Crippen LogP contribution in [-0.4, -0.2) is 29.0 Å². The molecule has 0 aliphatic rings. The minimum Gasteiger partial charge on any atom is -0.493 e. The maximum absolute atomic E-state index is 12.5. The van der Waals surface area contributed by atoms with Gasteiger partial charge in [-0.1, -0.05) is 24.3 Å². The highest BCUT2D eigenvalue weighted by Gasteiger charge is 2.09. The number of nitrogens with one attached hydrogen (secondary N) is 1. The average Bonchev–Trinajstić information content (AvgIpc) is 2.75. The molecule has 0 bridgehead atoms. The second-order valence-corrected chi connectivity index (χ2v) is 6.94. The van der Waals surface area contributed by atoms with Gasteiger partial charge >= 0.3 is 0 Å². The SMILES string of the molecule is Cc1ccccc1OCCCNC(=O)c1ccc(C)c(OCc2cnc(N)nc2)c1. The smallest absolute Gasteiger partial charge is 0.251 e. The van der Waals surface area contributed by atoms with Crippen molar-refractivity contribution in [1.82, 2.24) is 15.3 Å². The van der Waals surface area contributed by atoms with Crippen LogP contribution in [0, 0.1) is 13.8 Å². The molecule has 0 saturated heterocycles. The number of anilines is 1. The first-order valence-electron chi connectivity index (χ1n) is 9.79. The van der Waals surface area contributed by atoms with Crippen LogP contribution in [0.2, 0.25) is 0 Å². The molecule has 3 aromatic rings. The first-order valence-corrected chi connectivity index (χ1v) is 9.79. The van der Waals surface area contributed by atoms with E-state index in [0.29, 0.717) is 37.5 Å². The highest BCUT2D eigenvalue weighted by molar-refractivity contribution is 5.94. The summed E-state index contributed by atoms with van der Waals surface area (Å²) in [6, 6.07) is 13.3. The van der Waals surface area contributed by atoms with E-state index in [9.17, 15) is 4.79 Å². The van der Waals surface area contributed by atoms with E-state index in [1.54, 1.807) is 24.5 Å². The Morgan fingerprint density at radius 2 is 1.73 bits per heavy atom. The Morgan fingerprint density at radius 1 is 1.00 bits per heavy atom. The van der Waals surface area contributed by atoms with Crippen LogP contribution >= 0.6 is 0 Å². The molecule has 7 nitrogen and oxygen atoms in total. The molecule has 0 spiro atoms. The van der Waals surface area contributed by atoms with Crippen LogP contribution in [0.15, 0.2) is 54.9 Å². The normalized spacial score (nSPS) is 10.5. The van der Waals surface area contributed by atoms with E-state index in [4.69, 9.17) is 15.2 Å². The molecule has 30 heavy (non-hydrogen) atoms. The van der Waals surface area contributed by atoms with E-state index in [1.807, 2.05) is 44.2 Å². The summed E-state index contributed by atoms with van der Waals surface area (Å²) in [5.41, 5.74) is 8.87. The van der Waals surface area contributed by atoms with Crippen LogP contribution in [0.25, 0.3) is 0 Å². The van der Waals surface area contributed by atoms with Crippen molar-refractivity contribution >= 4 is 11.9 Å². The molecule has 7 heteroatoms. The van der Waals surface area contributed by atoms with Crippen molar-refractivity contribution in [2.24, 2.45) is 0 Å². The van der Waals surface area contributed by atoms with E-state index in [2.05, 4.69) is 15.3 Å². The third-order valence-electron chi connectivity index (χ3n) is 4.53. The van der Waals surface area contributed by atoms with Crippen LogP contribution in [0.4, 0.5) is 5.95 Å². The molecule has 0 aliphatic carbocycles. The minimum absolute atomic E-state index is 0.147. The number of ether oxygens (including phenoxy) is 2. The fourth-order valence-electron chi connectivity index (χ4n) is 2.77. The van der Waals surface area contributed by atoms with Crippen molar-refractivity contribution < 1.29 is 14.3 Å². The van der Waals surface area contributed by atoms with Gasteiger partial charge in [-0.25, -0.2) is 9.97 Å². The fraction of sp³-hybridized carbons (Fsp3) is 0.261. The molecule has 1 heterocycles. The molecule has 0 radical (unpaired) electrons. The molecule has 0 saturated carbocycles. The lowest BCUT2D eigenvalue weighted by molar-refractivity contribution is 0.0951. The van der Waals surface area contributed by atoms with Gasteiger partial charge < -0.3 is 20.5 Å². The Bertz CT molecular complexity index is 990. The van der Waals surface area contributed by atoms with E-state index in [0.717, 1.165) is 22.4 Å². The minimum atomic E-state index is -0.147. The number of nitrogens with zero attached hydrogens (tertiary/aromatic N) is 2. The molecule has 3 N–H and O–H groups in total. The van der Waals surface area contributed by atoms with E-state index < -0.39 is 0 Å². The average molecular weight is 406 g/mol. The van der Waals surface area contributed by atoms with Crippen molar-refractivity contribution in [3.8, 4) is 11.5 Å². The number of hydrogen-bond donors (Lipinski definition) is 2. The Kier molecular flexibility index (Phi) is 7.21. The van der Waals surface area contributed by atoms with Gasteiger partial charge in [-0.05, 0) is 49.6 Å². The monoisotopic (exact) mass is 406 g/mol. The number of aryl methyl sites for hydroxylation is 2. The van der Waals surface area contributed by atoms with E-state index in [1.165, 1.54) is 0 Å². The van der Waals surface area contributed by atoms with Crippen LogP contribution in [0.1, 0.15) is 33.5 Å². The highest BCUT2D eigenvalue weighted by Crippen LogP contribution is 2.21. The van der Waals surface area contributed by atoms with Gasteiger partial charge in [-0.3, -0.25) is 4.79 Å². The van der Waals surface area contributed by atoms with Gasteiger partial charge in [0, 0.05) is 30.1 Å². The number of aromatic nitrogens is 2. The Balaban J connectivity index is 1.47. The number of benzene rings is 2. The van der Waals surface area contributed by atoms with Crippen molar-refractivity contribution in [1.29, 1.82) is 0 Å². The molecule has 0 aliphatic heterocycles. The number of para-hydroxylation sites is 1. The zero-order chi connectivity index (χ0) is 21.3. The molecule has 0 unspecified atom stereocenters. The van der Waals surface area contributed by atoms with Crippen LogP contribution in [-0.2, 0) is 6.61 Å². The number of nitrogens with two attached hydrogens (primary N) is 1. The molecule has 2 aromatic carbocycles. The first kappa shape index (κ1) is 21.1. The summed E-state index contributed by atoms with van der Waals surface area (Å²) < 4.78 is 11.6. The summed E-state index contributed by atoms with van der Waals surface area (Å²) in [6.07, 6.45) is 3.95. The quantitative estimate of drug-likeness (QED) is 0.528. The molecular weight excluding hydrogens is 380 g/mol. The summed E-state index contributed by atoms with van der Waals surface area (Å²) >= 11 is 0. The summed E-state index contributed by atoms with van der Waals surface area (Å²) in [5, 5.41) is 2.92. The molecule has 1 aromatic heterocycles. The van der Waals surface area contributed by atoms with Crippen molar-refractivity contribution in [2.45, 2.75) is 26.9 Å². The zero-order valence-corrected chi connectivity index (χ0v) is 17.2. The van der Waals surface area contributed by atoms with E-state index in [-0.39, 0.29) is 11.9 Å². The number of carbonyl (C=O) groups excluding carboxylic acids is 1. The summed E-state index contributed by atoms with van der Waals surface area (Å²) in [7, 11) is 0. The number of hydrogen-bond acceptors (Lipinski definition) is 6.